The van der Waals surface area contributed by atoms with Crippen LogP contribution in [0.25, 0.3) is 0 Å². The Morgan fingerprint density at radius 3 is 2.40 bits per heavy atom. The van der Waals surface area contributed by atoms with Crippen LogP contribution in [0.1, 0.15) is 13.8 Å². The lowest BCUT2D eigenvalue weighted by Gasteiger charge is -2.15. The van der Waals surface area contributed by atoms with Crippen LogP contribution < -0.4 is 11.1 Å². The highest BCUT2D eigenvalue weighted by Crippen LogP contribution is 1.89. The molecule has 2 atom stereocenters. The normalized spacial score (nSPS) is 13.3. The van der Waals surface area contributed by atoms with E-state index in [4.69, 9.17) is 10.8 Å². The lowest BCUT2D eigenvalue weighted by atomic mass is 10.2. The number of nitrogens with one attached hydrogen (secondary N) is 1. The molecule has 6 nitrogen and oxygen atoms in total. The molecule has 0 unspecified atom stereocenters. The van der Waals surface area contributed by atoms with Gasteiger partial charge in [0, 0.05) is 0 Å². The summed E-state index contributed by atoms with van der Waals surface area (Å²) in [5, 5.41) is 11.1. The van der Waals surface area contributed by atoms with Crippen molar-refractivity contribution in [2.24, 2.45) is 5.73 Å². The number of aliphatic hydroxyl groups is 1. The van der Waals surface area contributed by atoms with Crippen molar-refractivity contribution in [3.63, 3.8) is 0 Å². The van der Waals surface area contributed by atoms with E-state index in [0.29, 0.717) is 0 Å². The minimum absolute atomic E-state index is 0. The number of amides is 1. The quantitative estimate of drug-likeness (QED) is 0.524. The van der Waals surface area contributed by atoms with Gasteiger partial charge >= 0.3 is 5.97 Å². The Hall–Kier alpha value is -0.850. The molecule has 90 valence electrons. The fourth-order valence-corrected chi connectivity index (χ4v) is 0.725. The number of rotatable bonds is 5. The molecule has 0 spiro atoms. The molecule has 0 aliphatic carbocycles. The van der Waals surface area contributed by atoms with E-state index in [1.165, 1.54) is 6.92 Å². The van der Waals surface area contributed by atoms with Crippen molar-refractivity contribution in [3.8, 4) is 0 Å². The molecule has 0 aliphatic rings. The first-order valence-electron chi connectivity index (χ1n) is 4.36. The van der Waals surface area contributed by atoms with Gasteiger partial charge in [-0.2, -0.15) is 0 Å². The average Bonchev–Trinajstić information content (AvgIpc) is 2.13. The smallest absolute Gasteiger partial charge is 0.331 e. The third kappa shape index (κ3) is 6.27. The Morgan fingerprint density at radius 1 is 1.53 bits per heavy atom. The van der Waals surface area contributed by atoms with Gasteiger partial charge in [0.1, 0.15) is 0 Å². The number of nitrogens with two attached hydrogens (primary N) is 1. The summed E-state index contributed by atoms with van der Waals surface area (Å²) >= 11 is 0. The highest BCUT2D eigenvalue weighted by atomic mass is 35.5. The maximum atomic E-state index is 11.1. The van der Waals surface area contributed by atoms with E-state index in [1.807, 2.05) is 0 Å². The Morgan fingerprint density at radius 2 is 2.07 bits per heavy atom. The van der Waals surface area contributed by atoms with Crippen molar-refractivity contribution in [3.05, 3.63) is 0 Å². The molecule has 4 N–H and O–H groups in total. The van der Waals surface area contributed by atoms with Gasteiger partial charge in [-0.05, 0) is 13.8 Å². The molecule has 15 heavy (non-hydrogen) atoms. The largest absolute Gasteiger partial charge is 0.464 e. The number of halogens is 1. The first-order chi connectivity index (χ1) is 6.52. The van der Waals surface area contributed by atoms with Crippen LogP contribution in [0.2, 0.25) is 0 Å². The molecule has 0 saturated carbocycles. The molecular weight excluding hydrogens is 224 g/mol. The monoisotopic (exact) mass is 240 g/mol. The molecule has 0 rings (SSSR count). The summed E-state index contributed by atoms with van der Waals surface area (Å²) in [6.07, 6.45) is 0. The summed E-state index contributed by atoms with van der Waals surface area (Å²) in [5.41, 5.74) is 5.27. The zero-order valence-electron chi connectivity index (χ0n) is 8.73. The predicted molar refractivity (Wildman–Crippen MR) is 56.5 cm³/mol. The van der Waals surface area contributed by atoms with E-state index in [0.717, 1.165) is 0 Å². The fraction of sp³-hybridized carbons (Fsp3) is 0.750. The van der Waals surface area contributed by atoms with Crippen molar-refractivity contribution >= 4 is 24.3 Å². The highest BCUT2D eigenvalue weighted by molar-refractivity contribution is 5.87. The van der Waals surface area contributed by atoms with Gasteiger partial charge < -0.3 is 20.9 Å². The third-order valence-corrected chi connectivity index (χ3v) is 1.48. The molecule has 1 amide bonds. The Balaban J connectivity index is 0. The summed E-state index contributed by atoms with van der Waals surface area (Å²) in [5.74, 6) is -1.17. The van der Waals surface area contributed by atoms with Gasteiger partial charge in [-0.15, -0.1) is 12.4 Å². The summed E-state index contributed by atoms with van der Waals surface area (Å²) < 4.78 is 4.62. The van der Waals surface area contributed by atoms with Gasteiger partial charge in [0.25, 0.3) is 0 Å². The highest BCUT2D eigenvalue weighted by Gasteiger charge is 2.22. The molecule has 0 radical (unpaired) electrons. The minimum Gasteiger partial charge on any atom is -0.464 e. The van der Waals surface area contributed by atoms with Gasteiger partial charge in [-0.25, -0.2) is 4.79 Å². The number of aliphatic hydroxyl groups excluding tert-OH is 1. The number of carbonyl (C=O) groups is 2. The number of carbonyl (C=O) groups excluding carboxylic acids is 2. The van der Waals surface area contributed by atoms with Crippen LogP contribution in [0.5, 0.6) is 0 Å². The van der Waals surface area contributed by atoms with Gasteiger partial charge in [-0.1, -0.05) is 0 Å². The van der Waals surface area contributed by atoms with Crippen molar-refractivity contribution in [2.45, 2.75) is 25.9 Å². The number of hydrogen-bond donors (Lipinski definition) is 3. The van der Waals surface area contributed by atoms with E-state index in [2.05, 4.69) is 10.1 Å². The molecule has 7 heteroatoms. The van der Waals surface area contributed by atoms with Crippen LogP contribution in [0.3, 0.4) is 0 Å². The van der Waals surface area contributed by atoms with Crippen molar-refractivity contribution in [1.82, 2.24) is 5.32 Å². The molecule has 0 aromatic heterocycles. The van der Waals surface area contributed by atoms with Crippen LogP contribution in [-0.2, 0) is 14.3 Å². The Kier molecular flexibility index (Phi) is 9.35. The topological polar surface area (TPSA) is 102 Å². The second-order valence-electron chi connectivity index (χ2n) is 2.78. The second-order valence-corrected chi connectivity index (χ2v) is 2.78. The van der Waals surface area contributed by atoms with E-state index in [9.17, 15) is 9.59 Å². The molecule has 0 aromatic rings. The first-order valence-corrected chi connectivity index (χ1v) is 4.36. The van der Waals surface area contributed by atoms with E-state index in [1.54, 1.807) is 6.92 Å². The zero-order chi connectivity index (χ0) is 11.1. The maximum absolute atomic E-state index is 11.1. The van der Waals surface area contributed by atoms with E-state index in [-0.39, 0.29) is 19.0 Å². The molecule has 0 heterocycles. The summed E-state index contributed by atoms with van der Waals surface area (Å²) in [6, 6.07) is -1.76. The molecule has 0 aliphatic heterocycles. The number of esters is 1. The summed E-state index contributed by atoms with van der Waals surface area (Å²) in [6.45, 7) is 2.81. The molecule has 0 aromatic carbocycles. The summed E-state index contributed by atoms with van der Waals surface area (Å²) in [4.78, 5) is 22.2. The number of hydrogen-bond acceptors (Lipinski definition) is 5. The Bertz CT molecular complexity index is 211. The van der Waals surface area contributed by atoms with Crippen LogP contribution >= 0.6 is 12.4 Å². The second kappa shape index (κ2) is 8.46. The van der Waals surface area contributed by atoms with E-state index < -0.39 is 30.6 Å². The molecular formula is C8H17ClN2O4. The standard InChI is InChI=1S/C8H16N2O4.ClH/c1-3-14-8(13)6(4-11)10-7(12)5(2)9;/h5-6,11H,3-4,9H2,1-2H3,(H,10,12);1H/t5-,6+;/m0./s1. The molecule has 0 fully saturated rings. The number of ether oxygens (including phenoxy) is 1. The van der Waals surface area contributed by atoms with Gasteiger partial charge in [0.15, 0.2) is 6.04 Å². The van der Waals surface area contributed by atoms with Crippen molar-refractivity contribution in [1.29, 1.82) is 0 Å². The molecule has 0 saturated heterocycles. The van der Waals surface area contributed by atoms with Gasteiger partial charge in [0.05, 0.1) is 19.3 Å². The van der Waals surface area contributed by atoms with E-state index >= 15 is 0 Å². The Labute approximate surface area is 94.6 Å². The fourth-order valence-electron chi connectivity index (χ4n) is 0.725. The van der Waals surface area contributed by atoms with Gasteiger partial charge in [0.2, 0.25) is 5.91 Å². The minimum atomic E-state index is -1.03. The van der Waals surface area contributed by atoms with Crippen LogP contribution in [0, 0.1) is 0 Å². The lowest BCUT2D eigenvalue weighted by molar-refractivity contribution is -0.148. The lowest BCUT2D eigenvalue weighted by Crippen LogP contribution is -2.49. The maximum Gasteiger partial charge on any atom is 0.331 e. The predicted octanol–water partition coefficient (Wildman–Crippen LogP) is -1.20. The SMILES string of the molecule is CCOC(=O)[C@@H](CO)NC(=O)[C@H](C)N.Cl. The van der Waals surface area contributed by atoms with Crippen LogP contribution in [0.4, 0.5) is 0 Å². The third-order valence-electron chi connectivity index (χ3n) is 1.48. The average molecular weight is 241 g/mol. The van der Waals surface area contributed by atoms with Gasteiger partial charge in [-0.3, -0.25) is 4.79 Å². The molecule has 0 bridgehead atoms. The van der Waals surface area contributed by atoms with Crippen molar-refractivity contribution < 1.29 is 19.4 Å². The van der Waals surface area contributed by atoms with Crippen molar-refractivity contribution in [2.75, 3.05) is 13.2 Å². The summed E-state index contributed by atoms with van der Waals surface area (Å²) in [7, 11) is 0. The van der Waals surface area contributed by atoms with Crippen LogP contribution in [-0.4, -0.2) is 42.3 Å². The van der Waals surface area contributed by atoms with Crippen LogP contribution in [0.15, 0.2) is 0 Å². The first kappa shape index (κ1) is 16.6. The zero-order valence-corrected chi connectivity index (χ0v) is 9.54.